The Morgan fingerprint density at radius 2 is 1.80 bits per heavy atom. The van der Waals surface area contributed by atoms with Gasteiger partial charge in [0.1, 0.15) is 17.0 Å². The molecule has 0 saturated carbocycles. The van der Waals surface area contributed by atoms with Crippen LogP contribution in [0.2, 0.25) is 0 Å². The Kier molecular flexibility index (Phi) is 7.24. The highest BCUT2D eigenvalue weighted by molar-refractivity contribution is 6.06. The Morgan fingerprint density at radius 3 is 2.43 bits per heavy atom. The minimum absolute atomic E-state index is 0.00196. The van der Waals surface area contributed by atoms with E-state index in [9.17, 15) is 9.59 Å². The summed E-state index contributed by atoms with van der Waals surface area (Å²) in [7, 11) is 0. The van der Waals surface area contributed by atoms with Crippen molar-refractivity contribution in [2.75, 3.05) is 19.6 Å². The Labute approximate surface area is 207 Å². The third-order valence-corrected chi connectivity index (χ3v) is 6.48. The number of hydrogen-bond acceptors (Lipinski definition) is 5. The summed E-state index contributed by atoms with van der Waals surface area (Å²) < 4.78 is 5.81. The molecule has 0 spiro atoms. The number of rotatable bonds is 8. The summed E-state index contributed by atoms with van der Waals surface area (Å²) in [4.78, 5) is 33.8. The number of aliphatic imine (C=N–C) groups is 1. The van der Waals surface area contributed by atoms with Gasteiger partial charge in [0.2, 0.25) is 0 Å². The van der Waals surface area contributed by atoms with Gasteiger partial charge in [-0.15, -0.1) is 0 Å². The number of nitrogens with two attached hydrogens (primary N) is 1. The van der Waals surface area contributed by atoms with Crippen molar-refractivity contribution in [1.29, 1.82) is 0 Å². The first-order chi connectivity index (χ1) is 16.7. The third kappa shape index (κ3) is 5.73. The third-order valence-electron chi connectivity index (χ3n) is 6.48. The molecule has 7 heteroatoms. The molecular weight excluding hydrogens is 440 g/mol. The fraction of sp³-hybridized carbons (Fsp3) is 0.393. The van der Waals surface area contributed by atoms with Gasteiger partial charge in [-0.3, -0.25) is 14.5 Å². The molecule has 0 fully saturated rings. The molecule has 0 aromatic heterocycles. The van der Waals surface area contributed by atoms with Crippen molar-refractivity contribution >= 4 is 17.8 Å². The molecule has 35 heavy (non-hydrogen) atoms. The van der Waals surface area contributed by atoms with E-state index < -0.39 is 5.54 Å². The van der Waals surface area contributed by atoms with Crippen LogP contribution >= 0.6 is 0 Å². The maximum Gasteiger partial charge on any atom is 0.257 e. The smallest absolute Gasteiger partial charge is 0.257 e. The average molecular weight is 475 g/mol. The van der Waals surface area contributed by atoms with Gasteiger partial charge in [-0.1, -0.05) is 43.7 Å². The number of amides is 2. The van der Waals surface area contributed by atoms with Crippen LogP contribution in [0.5, 0.6) is 11.5 Å². The van der Waals surface area contributed by atoms with Gasteiger partial charge in [0.25, 0.3) is 11.8 Å². The van der Waals surface area contributed by atoms with Gasteiger partial charge in [-0.2, -0.15) is 0 Å². The van der Waals surface area contributed by atoms with Crippen molar-refractivity contribution in [2.24, 2.45) is 16.6 Å². The molecule has 2 N–H and O–H groups in total. The maximum atomic E-state index is 13.0. The summed E-state index contributed by atoms with van der Waals surface area (Å²) in [5, 5.41) is 0. The molecule has 184 valence electrons. The van der Waals surface area contributed by atoms with E-state index in [1.807, 2.05) is 54.3 Å². The van der Waals surface area contributed by atoms with Gasteiger partial charge in [-0.25, -0.2) is 4.99 Å². The van der Waals surface area contributed by atoms with Crippen LogP contribution in [0.1, 0.15) is 50.4 Å². The van der Waals surface area contributed by atoms with E-state index in [0.29, 0.717) is 49.2 Å². The topological polar surface area (TPSA) is 88.2 Å². The van der Waals surface area contributed by atoms with Gasteiger partial charge < -0.3 is 15.4 Å². The summed E-state index contributed by atoms with van der Waals surface area (Å²) in [5.74, 6) is 2.10. The Morgan fingerprint density at radius 1 is 1.11 bits per heavy atom. The van der Waals surface area contributed by atoms with E-state index >= 15 is 0 Å². The lowest BCUT2D eigenvalue weighted by Gasteiger charge is -2.28. The second-order valence-corrected chi connectivity index (χ2v) is 9.85. The van der Waals surface area contributed by atoms with Crippen molar-refractivity contribution in [3.63, 3.8) is 0 Å². The first-order valence-electron chi connectivity index (χ1n) is 12.2. The molecule has 1 unspecified atom stereocenters. The minimum Gasteiger partial charge on any atom is -0.457 e. The zero-order valence-corrected chi connectivity index (χ0v) is 20.7. The normalized spacial score (nSPS) is 20.2. The van der Waals surface area contributed by atoms with Crippen LogP contribution in [0.15, 0.2) is 71.2 Å². The predicted molar refractivity (Wildman–Crippen MR) is 137 cm³/mol. The summed E-state index contributed by atoms with van der Waals surface area (Å²) in [6.07, 6.45) is 4.29. The number of para-hydroxylation sites is 1. The Hall–Kier alpha value is -3.61. The Bertz CT molecular complexity index is 1120. The SMILES string of the molecule is CC(C)CC1(C)N=C(N)N(CCC2=CCN(C(=O)c3ccc(Oc4ccccc4)cc3)CC2)C1=O. The van der Waals surface area contributed by atoms with Gasteiger partial charge in [-0.05, 0) is 68.5 Å². The average Bonchev–Trinajstić information content (AvgIpc) is 3.05. The summed E-state index contributed by atoms with van der Waals surface area (Å²) in [5.41, 5.74) is 7.20. The number of ether oxygens (including phenoxy) is 1. The van der Waals surface area contributed by atoms with Gasteiger partial charge >= 0.3 is 0 Å². The van der Waals surface area contributed by atoms with Crippen molar-refractivity contribution in [3.05, 3.63) is 71.8 Å². The van der Waals surface area contributed by atoms with Crippen LogP contribution < -0.4 is 10.5 Å². The molecule has 2 aromatic carbocycles. The van der Waals surface area contributed by atoms with E-state index in [1.165, 1.54) is 5.57 Å². The van der Waals surface area contributed by atoms with E-state index in [0.717, 1.165) is 18.6 Å². The van der Waals surface area contributed by atoms with Crippen LogP contribution in [0, 0.1) is 5.92 Å². The molecule has 0 aliphatic carbocycles. The largest absolute Gasteiger partial charge is 0.457 e. The number of carbonyl (C=O) groups is 2. The number of carbonyl (C=O) groups excluding carboxylic acids is 2. The van der Waals surface area contributed by atoms with Crippen LogP contribution in [0.3, 0.4) is 0 Å². The predicted octanol–water partition coefficient (Wildman–Crippen LogP) is 4.60. The molecule has 0 saturated heterocycles. The first-order valence-corrected chi connectivity index (χ1v) is 12.2. The second-order valence-electron chi connectivity index (χ2n) is 9.85. The van der Waals surface area contributed by atoms with E-state index in [4.69, 9.17) is 10.5 Å². The standard InChI is InChI=1S/C28H34N4O3/c1-20(2)19-28(3)26(34)32(27(29)30-28)18-15-21-13-16-31(17-14-21)25(33)22-9-11-24(12-10-22)35-23-7-5-4-6-8-23/h4-13,20H,14-19H2,1-3H3,(H2,29,30). The molecule has 7 nitrogen and oxygen atoms in total. The number of guanidine groups is 1. The van der Waals surface area contributed by atoms with Gasteiger partial charge in [0.05, 0.1) is 0 Å². The summed E-state index contributed by atoms with van der Waals surface area (Å²) >= 11 is 0. The first kappa shape index (κ1) is 24.5. The zero-order chi connectivity index (χ0) is 25.0. The minimum atomic E-state index is -0.760. The van der Waals surface area contributed by atoms with Crippen molar-refractivity contribution in [3.8, 4) is 11.5 Å². The van der Waals surface area contributed by atoms with Gasteiger partial charge in [0, 0.05) is 25.2 Å². The molecule has 2 aliphatic rings. The van der Waals surface area contributed by atoms with Crippen LogP contribution in [-0.4, -0.2) is 52.7 Å². The lowest BCUT2D eigenvalue weighted by atomic mass is 9.91. The van der Waals surface area contributed by atoms with E-state index in [1.54, 1.807) is 17.0 Å². The molecule has 0 radical (unpaired) electrons. The highest BCUT2D eigenvalue weighted by Crippen LogP contribution is 2.29. The monoisotopic (exact) mass is 474 g/mol. The molecule has 2 heterocycles. The molecule has 4 rings (SSSR count). The summed E-state index contributed by atoms with van der Waals surface area (Å²) in [6.45, 7) is 7.75. The highest BCUT2D eigenvalue weighted by Gasteiger charge is 2.43. The highest BCUT2D eigenvalue weighted by atomic mass is 16.5. The molecular formula is C28H34N4O3. The Balaban J connectivity index is 1.29. The van der Waals surface area contributed by atoms with Crippen molar-refractivity contribution < 1.29 is 14.3 Å². The fourth-order valence-electron chi connectivity index (χ4n) is 4.75. The van der Waals surface area contributed by atoms with E-state index in [2.05, 4.69) is 24.9 Å². The zero-order valence-electron chi connectivity index (χ0n) is 20.7. The molecule has 1 atom stereocenters. The van der Waals surface area contributed by atoms with Crippen molar-refractivity contribution in [2.45, 2.75) is 45.6 Å². The lowest BCUT2D eigenvalue weighted by molar-refractivity contribution is -0.131. The van der Waals surface area contributed by atoms with Gasteiger partial charge in [0.15, 0.2) is 5.96 Å². The van der Waals surface area contributed by atoms with Crippen LogP contribution in [0.25, 0.3) is 0 Å². The number of benzene rings is 2. The fourth-order valence-corrected chi connectivity index (χ4v) is 4.75. The number of hydrogen-bond donors (Lipinski definition) is 1. The molecule has 2 aliphatic heterocycles. The molecule has 2 amide bonds. The van der Waals surface area contributed by atoms with Crippen LogP contribution in [0.4, 0.5) is 0 Å². The van der Waals surface area contributed by atoms with Crippen LogP contribution in [-0.2, 0) is 4.79 Å². The summed E-state index contributed by atoms with van der Waals surface area (Å²) in [6, 6.07) is 16.8. The quantitative estimate of drug-likeness (QED) is 0.566. The van der Waals surface area contributed by atoms with Crippen molar-refractivity contribution in [1.82, 2.24) is 9.80 Å². The number of nitrogens with zero attached hydrogens (tertiary/aromatic N) is 3. The molecule has 2 aromatic rings. The second kappa shape index (κ2) is 10.3. The maximum absolute atomic E-state index is 13.0. The lowest BCUT2D eigenvalue weighted by Crippen LogP contribution is -2.44. The van der Waals surface area contributed by atoms with E-state index in [-0.39, 0.29) is 11.8 Å². The molecule has 0 bridgehead atoms.